The molecule has 0 spiro atoms. The molecule has 1 aliphatic heterocycles. The summed E-state index contributed by atoms with van der Waals surface area (Å²) in [4.78, 5) is 30.5. The van der Waals surface area contributed by atoms with Gasteiger partial charge >= 0.3 is 6.09 Å². The first kappa shape index (κ1) is 26.1. The van der Waals surface area contributed by atoms with Crippen LogP contribution in [-0.2, 0) is 16.1 Å². The maximum atomic E-state index is 14.1. The highest BCUT2D eigenvalue weighted by molar-refractivity contribution is 9.10. The number of carbonyl (C=O) groups excluding carboxylic acids is 2. The van der Waals surface area contributed by atoms with Gasteiger partial charge < -0.3 is 14.5 Å². The Morgan fingerprint density at radius 3 is 2.51 bits per heavy atom. The fraction of sp³-hybridized carbons (Fsp3) is 0.407. The summed E-state index contributed by atoms with van der Waals surface area (Å²) in [6.07, 6.45) is 2.04. The van der Waals surface area contributed by atoms with Crippen molar-refractivity contribution in [2.75, 3.05) is 13.1 Å². The largest absolute Gasteiger partial charge is 0.444 e. The normalized spacial score (nSPS) is 16.3. The van der Waals surface area contributed by atoms with Gasteiger partial charge in [0.25, 0.3) is 5.91 Å². The molecule has 0 atom stereocenters. The highest BCUT2D eigenvalue weighted by Gasteiger charge is 2.38. The maximum Gasteiger partial charge on any atom is 0.410 e. The number of hydrogen-bond acceptors (Lipinski definition) is 3. The zero-order chi connectivity index (χ0) is 25.3. The molecule has 0 unspecified atom stereocenters. The first-order chi connectivity index (χ1) is 16.5. The minimum absolute atomic E-state index is 0.0771. The zero-order valence-corrected chi connectivity index (χ0v) is 23.2. The van der Waals surface area contributed by atoms with Crippen molar-refractivity contribution in [2.24, 2.45) is 0 Å². The van der Waals surface area contributed by atoms with Gasteiger partial charge in [-0.05, 0) is 74.9 Å². The molecule has 8 heteroatoms. The smallest absolute Gasteiger partial charge is 0.410 e. The molecule has 2 aromatic carbocycles. The SMILES string of the molecule is CC(C)(C)OC(=O)N1CCC(c2cccc(Br)c2)=C(C(=O)N(Cc2cccc(Cl)c2Cl)C2CC2)C1. The van der Waals surface area contributed by atoms with Crippen LogP contribution >= 0.6 is 39.1 Å². The van der Waals surface area contributed by atoms with E-state index >= 15 is 0 Å². The molecule has 2 aliphatic rings. The predicted molar refractivity (Wildman–Crippen MR) is 144 cm³/mol. The summed E-state index contributed by atoms with van der Waals surface area (Å²) in [7, 11) is 0. The Balaban J connectivity index is 1.70. The lowest BCUT2D eigenvalue weighted by atomic mass is 9.92. The Labute approximate surface area is 225 Å². The predicted octanol–water partition coefficient (Wildman–Crippen LogP) is 7.34. The van der Waals surface area contributed by atoms with E-state index in [1.54, 1.807) is 11.0 Å². The monoisotopic (exact) mass is 578 g/mol. The number of halogens is 3. The summed E-state index contributed by atoms with van der Waals surface area (Å²) in [5, 5.41) is 0.933. The standard InChI is InChI=1S/C27H29BrCl2N2O3/c1-27(2,3)35-26(34)31-13-12-21(17-6-4-8-19(28)14-17)22(16-31)25(33)32(20-10-11-20)15-18-7-5-9-23(29)24(18)30/h4-9,14,20H,10-13,15-16H2,1-3H3. The molecule has 2 aromatic rings. The van der Waals surface area contributed by atoms with Gasteiger partial charge in [0.2, 0.25) is 0 Å². The van der Waals surface area contributed by atoms with Gasteiger partial charge in [-0.2, -0.15) is 0 Å². The van der Waals surface area contributed by atoms with Crippen molar-refractivity contribution in [1.29, 1.82) is 0 Å². The third-order valence-corrected chi connectivity index (χ3v) is 7.40. The highest BCUT2D eigenvalue weighted by Crippen LogP contribution is 2.36. The van der Waals surface area contributed by atoms with Crippen LogP contribution in [0.1, 0.15) is 51.2 Å². The molecule has 35 heavy (non-hydrogen) atoms. The van der Waals surface area contributed by atoms with Gasteiger partial charge in [0.15, 0.2) is 0 Å². The molecule has 2 amide bonds. The summed E-state index contributed by atoms with van der Waals surface area (Å²) in [6.45, 7) is 6.57. The molecule has 1 fully saturated rings. The summed E-state index contributed by atoms with van der Waals surface area (Å²) in [5.41, 5.74) is 2.75. The van der Waals surface area contributed by atoms with E-state index in [4.69, 9.17) is 27.9 Å². The second-order valence-electron chi connectivity index (χ2n) is 10.00. The number of rotatable bonds is 5. The van der Waals surface area contributed by atoms with E-state index in [-0.39, 0.29) is 18.5 Å². The van der Waals surface area contributed by atoms with Gasteiger partial charge in [0, 0.05) is 29.2 Å². The molecular weight excluding hydrogens is 551 g/mol. The molecule has 0 radical (unpaired) electrons. The van der Waals surface area contributed by atoms with Crippen molar-refractivity contribution in [2.45, 2.75) is 58.2 Å². The maximum absolute atomic E-state index is 14.1. The van der Waals surface area contributed by atoms with E-state index in [9.17, 15) is 9.59 Å². The average molecular weight is 580 g/mol. The molecule has 4 rings (SSSR count). The Morgan fingerprint density at radius 2 is 1.86 bits per heavy atom. The van der Waals surface area contributed by atoms with Crippen LogP contribution < -0.4 is 0 Å². The van der Waals surface area contributed by atoms with Crippen molar-refractivity contribution in [1.82, 2.24) is 9.80 Å². The van der Waals surface area contributed by atoms with Crippen LogP contribution in [0, 0.1) is 0 Å². The van der Waals surface area contributed by atoms with Crippen molar-refractivity contribution in [3.8, 4) is 0 Å². The van der Waals surface area contributed by atoms with Crippen LogP contribution in [0.5, 0.6) is 0 Å². The van der Waals surface area contributed by atoms with Gasteiger partial charge in [-0.25, -0.2) is 4.79 Å². The highest BCUT2D eigenvalue weighted by atomic mass is 79.9. The minimum Gasteiger partial charge on any atom is -0.444 e. The van der Waals surface area contributed by atoms with Crippen molar-refractivity contribution in [3.63, 3.8) is 0 Å². The first-order valence-corrected chi connectivity index (χ1v) is 13.3. The van der Waals surface area contributed by atoms with E-state index < -0.39 is 11.7 Å². The van der Waals surface area contributed by atoms with Crippen LogP contribution in [0.3, 0.4) is 0 Å². The molecule has 1 aliphatic carbocycles. The van der Waals surface area contributed by atoms with Crippen LogP contribution in [0.2, 0.25) is 10.0 Å². The molecule has 0 bridgehead atoms. The molecule has 5 nitrogen and oxygen atoms in total. The lowest BCUT2D eigenvalue weighted by Crippen LogP contribution is -2.44. The average Bonchev–Trinajstić information content (AvgIpc) is 3.63. The summed E-state index contributed by atoms with van der Waals surface area (Å²) < 4.78 is 6.55. The van der Waals surface area contributed by atoms with Crippen LogP contribution in [0.4, 0.5) is 4.79 Å². The van der Waals surface area contributed by atoms with E-state index in [2.05, 4.69) is 15.9 Å². The number of benzene rings is 2. The first-order valence-electron chi connectivity index (χ1n) is 11.7. The zero-order valence-electron chi connectivity index (χ0n) is 20.1. The molecule has 186 valence electrons. The molecular formula is C27H29BrCl2N2O3. The Morgan fingerprint density at radius 1 is 1.14 bits per heavy atom. The molecule has 1 heterocycles. The topological polar surface area (TPSA) is 49.9 Å². The van der Waals surface area contributed by atoms with E-state index in [1.165, 1.54) is 0 Å². The molecule has 0 N–H and O–H groups in total. The number of ether oxygens (including phenoxy) is 1. The third kappa shape index (κ3) is 6.41. The Bertz CT molecular complexity index is 1170. The van der Waals surface area contributed by atoms with E-state index in [0.29, 0.717) is 35.1 Å². The second-order valence-corrected chi connectivity index (χ2v) is 11.7. The molecule has 0 aromatic heterocycles. The molecule has 1 saturated carbocycles. The minimum atomic E-state index is -0.612. The van der Waals surface area contributed by atoms with Gasteiger partial charge in [0.05, 0.1) is 16.6 Å². The number of nitrogens with zero attached hydrogens (tertiary/aromatic N) is 2. The van der Waals surface area contributed by atoms with Gasteiger partial charge in [-0.3, -0.25) is 4.79 Å². The quantitative estimate of drug-likeness (QED) is 0.372. The summed E-state index contributed by atoms with van der Waals surface area (Å²) in [5.74, 6) is -0.0771. The van der Waals surface area contributed by atoms with Crippen molar-refractivity contribution >= 4 is 56.7 Å². The lowest BCUT2D eigenvalue weighted by Gasteiger charge is -2.34. The van der Waals surface area contributed by atoms with Gasteiger partial charge in [-0.1, -0.05) is 63.4 Å². The number of carbonyl (C=O) groups is 2. The van der Waals surface area contributed by atoms with Crippen LogP contribution in [0.15, 0.2) is 52.5 Å². The Hall–Kier alpha value is -2.02. The summed E-state index contributed by atoms with van der Waals surface area (Å²) >= 11 is 16.2. The molecule has 0 saturated heterocycles. The second kappa shape index (κ2) is 10.5. The third-order valence-electron chi connectivity index (χ3n) is 6.05. The lowest BCUT2D eigenvalue weighted by molar-refractivity contribution is -0.128. The van der Waals surface area contributed by atoms with Gasteiger partial charge in [-0.15, -0.1) is 0 Å². The fourth-order valence-electron chi connectivity index (χ4n) is 4.22. The van der Waals surface area contributed by atoms with Crippen LogP contribution in [0.25, 0.3) is 5.57 Å². The van der Waals surface area contributed by atoms with Crippen molar-refractivity contribution < 1.29 is 14.3 Å². The number of amides is 2. The fourth-order valence-corrected chi connectivity index (χ4v) is 5.00. The van der Waals surface area contributed by atoms with E-state index in [0.717, 1.165) is 34.0 Å². The number of hydrogen-bond donors (Lipinski definition) is 0. The summed E-state index contributed by atoms with van der Waals surface area (Å²) in [6, 6.07) is 13.6. The van der Waals surface area contributed by atoms with Crippen molar-refractivity contribution in [3.05, 3.63) is 73.7 Å². The Kier molecular flexibility index (Phi) is 7.84. The van der Waals surface area contributed by atoms with Gasteiger partial charge in [0.1, 0.15) is 5.60 Å². The van der Waals surface area contributed by atoms with Crippen LogP contribution in [-0.4, -0.2) is 46.5 Å². The van der Waals surface area contributed by atoms with E-state index in [1.807, 2.05) is 62.1 Å².